The number of imidazole rings is 1. The molecule has 0 unspecified atom stereocenters. The number of aromatic nitrogens is 3. The summed E-state index contributed by atoms with van der Waals surface area (Å²) in [6.45, 7) is 0. The molecule has 6 nitrogen and oxygen atoms in total. The maximum absolute atomic E-state index is 10.9. The predicted octanol–water partition coefficient (Wildman–Crippen LogP) is 4.41. The molecule has 0 aliphatic heterocycles. The van der Waals surface area contributed by atoms with Gasteiger partial charge in [0.2, 0.25) is 5.88 Å². The summed E-state index contributed by atoms with van der Waals surface area (Å²) >= 11 is 0. The van der Waals surface area contributed by atoms with Crippen molar-refractivity contribution in [3.63, 3.8) is 0 Å². The van der Waals surface area contributed by atoms with E-state index in [2.05, 4.69) is 12.1 Å². The minimum atomic E-state index is 0.100. The van der Waals surface area contributed by atoms with Crippen molar-refractivity contribution in [1.29, 1.82) is 0 Å². The average Bonchev–Trinajstić information content (AvgIpc) is 3.09. The van der Waals surface area contributed by atoms with Crippen LogP contribution in [0.4, 0.5) is 0 Å². The van der Waals surface area contributed by atoms with Gasteiger partial charge in [0, 0.05) is 33.1 Å². The molecule has 0 radical (unpaired) electrons. The maximum Gasteiger partial charge on any atom is 0.219 e. The molecule has 0 amide bonds. The monoisotopic (exact) mass is 426 g/mol. The van der Waals surface area contributed by atoms with Gasteiger partial charge in [-0.2, -0.15) is 0 Å². The van der Waals surface area contributed by atoms with Gasteiger partial charge in [-0.05, 0) is 41.6 Å². The zero-order valence-electron chi connectivity index (χ0n) is 18.2. The Morgan fingerprint density at radius 2 is 1.53 bits per heavy atom. The molecule has 2 aromatic carbocycles. The van der Waals surface area contributed by atoms with Gasteiger partial charge >= 0.3 is 0 Å². The molecule has 0 fully saturated rings. The SMILES string of the molecule is CN(C)/C=C/C=C/c1cn2c(O)c(Cc3ccc(O)cc3)nc2c(Cc2ccccc2)n1. The molecule has 0 spiro atoms. The Kier molecular flexibility index (Phi) is 6.22. The lowest BCUT2D eigenvalue weighted by molar-refractivity contribution is 0.442. The summed E-state index contributed by atoms with van der Waals surface area (Å²) in [6.07, 6.45) is 10.6. The van der Waals surface area contributed by atoms with Crippen LogP contribution >= 0.6 is 0 Å². The van der Waals surface area contributed by atoms with E-state index in [4.69, 9.17) is 9.97 Å². The second kappa shape index (κ2) is 9.39. The van der Waals surface area contributed by atoms with Crippen molar-refractivity contribution in [2.75, 3.05) is 14.1 Å². The predicted molar refractivity (Wildman–Crippen MR) is 127 cm³/mol. The fourth-order valence-corrected chi connectivity index (χ4v) is 3.45. The van der Waals surface area contributed by atoms with Crippen LogP contribution in [0.3, 0.4) is 0 Å². The second-order valence-electron chi connectivity index (χ2n) is 7.86. The number of fused-ring (bicyclic) bond motifs is 1. The van der Waals surface area contributed by atoms with Crippen LogP contribution in [0.15, 0.2) is 79.1 Å². The van der Waals surface area contributed by atoms with Crippen molar-refractivity contribution in [2.45, 2.75) is 12.8 Å². The van der Waals surface area contributed by atoms with Crippen LogP contribution in [0.2, 0.25) is 0 Å². The van der Waals surface area contributed by atoms with Crippen molar-refractivity contribution in [2.24, 2.45) is 0 Å². The van der Waals surface area contributed by atoms with Crippen LogP contribution in [0.5, 0.6) is 11.6 Å². The largest absolute Gasteiger partial charge is 0.508 e. The summed E-state index contributed by atoms with van der Waals surface area (Å²) in [5.41, 5.74) is 4.81. The van der Waals surface area contributed by atoms with Crippen LogP contribution in [-0.4, -0.2) is 43.6 Å². The van der Waals surface area contributed by atoms with Crippen LogP contribution in [0.1, 0.15) is 28.2 Å². The molecule has 6 heteroatoms. The highest BCUT2D eigenvalue weighted by atomic mass is 16.3. The number of phenolic OH excluding ortho intramolecular Hbond substituents is 1. The van der Waals surface area contributed by atoms with Crippen LogP contribution < -0.4 is 0 Å². The van der Waals surface area contributed by atoms with Crippen molar-refractivity contribution in [3.8, 4) is 11.6 Å². The standard InChI is InChI=1S/C26H26N4O2/c1-29(2)15-7-6-10-21-18-30-25(23(27-21)16-19-8-4-3-5-9-19)28-24(26(30)32)17-20-11-13-22(31)14-12-20/h3-15,18,31-32H,16-17H2,1-2H3/b10-6+,15-7+. The van der Waals surface area contributed by atoms with E-state index >= 15 is 0 Å². The lowest BCUT2D eigenvalue weighted by atomic mass is 10.1. The van der Waals surface area contributed by atoms with E-state index in [9.17, 15) is 10.2 Å². The second-order valence-corrected chi connectivity index (χ2v) is 7.86. The lowest BCUT2D eigenvalue weighted by Crippen LogP contribution is -2.01. The Balaban J connectivity index is 1.75. The highest BCUT2D eigenvalue weighted by Gasteiger charge is 2.17. The Morgan fingerprint density at radius 1 is 0.844 bits per heavy atom. The lowest BCUT2D eigenvalue weighted by Gasteiger charge is -2.06. The zero-order chi connectivity index (χ0) is 22.5. The van der Waals surface area contributed by atoms with Crippen LogP contribution in [0, 0.1) is 0 Å². The fourth-order valence-electron chi connectivity index (χ4n) is 3.45. The third-order valence-corrected chi connectivity index (χ3v) is 5.02. The molecule has 0 aliphatic carbocycles. The van der Waals surface area contributed by atoms with Crippen molar-refractivity contribution in [3.05, 3.63) is 107 Å². The van der Waals surface area contributed by atoms with Gasteiger partial charge in [-0.3, -0.25) is 4.40 Å². The van der Waals surface area contributed by atoms with Crippen molar-refractivity contribution in [1.82, 2.24) is 19.3 Å². The molecule has 2 heterocycles. The van der Waals surface area contributed by atoms with E-state index < -0.39 is 0 Å². The quantitative estimate of drug-likeness (QED) is 0.428. The molecule has 0 saturated carbocycles. The molecule has 2 aromatic heterocycles. The Labute approximate surface area is 187 Å². The minimum Gasteiger partial charge on any atom is -0.508 e. The van der Waals surface area contributed by atoms with E-state index in [-0.39, 0.29) is 11.6 Å². The van der Waals surface area contributed by atoms with E-state index in [1.807, 2.05) is 73.8 Å². The molecule has 0 aliphatic rings. The van der Waals surface area contributed by atoms with Gasteiger partial charge in [-0.15, -0.1) is 0 Å². The first-order chi connectivity index (χ1) is 15.5. The summed E-state index contributed by atoms with van der Waals surface area (Å²) in [7, 11) is 3.93. The summed E-state index contributed by atoms with van der Waals surface area (Å²) in [5.74, 6) is 0.310. The number of aromatic hydroxyl groups is 2. The Hall–Kier alpha value is -4.06. The summed E-state index contributed by atoms with van der Waals surface area (Å²) in [6, 6.07) is 17.0. The van der Waals surface area contributed by atoms with Gasteiger partial charge in [-0.1, -0.05) is 48.5 Å². The number of nitrogens with zero attached hydrogens (tertiary/aromatic N) is 4. The third kappa shape index (κ3) is 4.98. The Morgan fingerprint density at radius 3 is 2.25 bits per heavy atom. The number of hydrogen-bond donors (Lipinski definition) is 2. The molecule has 162 valence electrons. The first kappa shape index (κ1) is 21.2. The smallest absolute Gasteiger partial charge is 0.219 e. The number of allylic oxidation sites excluding steroid dienone is 2. The first-order valence-electron chi connectivity index (χ1n) is 10.4. The van der Waals surface area contributed by atoms with Gasteiger partial charge in [-0.25, -0.2) is 9.97 Å². The van der Waals surface area contributed by atoms with Crippen molar-refractivity contribution >= 4 is 11.7 Å². The molecular weight excluding hydrogens is 400 g/mol. The van der Waals surface area contributed by atoms with Gasteiger partial charge in [0.25, 0.3) is 0 Å². The number of phenols is 1. The maximum atomic E-state index is 10.9. The molecule has 32 heavy (non-hydrogen) atoms. The van der Waals surface area contributed by atoms with Crippen molar-refractivity contribution < 1.29 is 10.2 Å². The summed E-state index contributed by atoms with van der Waals surface area (Å²) in [5, 5.41) is 20.5. The third-order valence-electron chi connectivity index (χ3n) is 5.02. The molecular formula is C26H26N4O2. The van der Waals surface area contributed by atoms with E-state index in [0.717, 1.165) is 22.5 Å². The van der Waals surface area contributed by atoms with Crippen LogP contribution in [-0.2, 0) is 12.8 Å². The van der Waals surface area contributed by atoms with Crippen LogP contribution in [0.25, 0.3) is 11.7 Å². The average molecular weight is 427 g/mol. The van der Waals surface area contributed by atoms with Gasteiger partial charge < -0.3 is 15.1 Å². The Bertz CT molecular complexity index is 1260. The molecule has 4 rings (SSSR count). The molecule has 0 saturated heterocycles. The molecule has 4 aromatic rings. The number of hydrogen-bond acceptors (Lipinski definition) is 5. The van der Waals surface area contributed by atoms with E-state index in [1.54, 1.807) is 22.7 Å². The highest BCUT2D eigenvalue weighted by Crippen LogP contribution is 2.26. The van der Waals surface area contributed by atoms with E-state index in [1.165, 1.54) is 0 Å². The highest BCUT2D eigenvalue weighted by molar-refractivity contribution is 5.56. The fraction of sp³-hybridized carbons (Fsp3) is 0.154. The topological polar surface area (TPSA) is 73.9 Å². The summed E-state index contributed by atoms with van der Waals surface area (Å²) in [4.78, 5) is 11.5. The van der Waals surface area contributed by atoms with Gasteiger partial charge in [0.15, 0.2) is 5.65 Å². The molecule has 2 N–H and O–H groups in total. The zero-order valence-corrected chi connectivity index (χ0v) is 18.2. The number of benzene rings is 2. The first-order valence-corrected chi connectivity index (χ1v) is 10.4. The van der Waals surface area contributed by atoms with E-state index in [0.29, 0.717) is 24.2 Å². The normalized spacial score (nSPS) is 11.7. The summed E-state index contributed by atoms with van der Waals surface area (Å²) < 4.78 is 1.70. The number of rotatable bonds is 7. The molecule has 0 atom stereocenters. The minimum absolute atomic E-state index is 0.100. The molecule has 0 bridgehead atoms. The van der Waals surface area contributed by atoms with Gasteiger partial charge in [0.05, 0.1) is 11.4 Å². The van der Waals surface area contributed by atoms with Gasteiger partial charge in [0.1, 0.15) is 11.4 Å².